The van der Waals surface area contributed by atoms with E-state index in [1.807, 2.05) is 12.4 Å². The lowest BCUT2D eigenvalue weighted by molar-refractivity contribution is 0.868. The molecule has 0 unspecified atom stereocenters. The number of nitrogens with zero attached hydrogens (tertiary/aromatic N) is 1. The van der Waals surface area contributed by atoms with Crippen molar-refractivity contribution in [3.05, 3.63) is 41.7 Å². The monoisotopic (exact) mass is 214 g/mol. The first-order valence-electron chi connectivity index (χ1n) is 5.79. The molecular formula is C14H18N2. The van der Waals surface area contributed by atoms with Crippen LogP contribution in [0.4, 0.5) is 0 Å². The maximum absolute atomic E-state index is 5.57. The number of rotatable bonds is 3. The zero-order valence-electron chi connectivity index (χ0n) is 9.90. The Bertz CT molecular complexity index is 489. The molecule has 0 bridgehead atoms. The Morgan fingerprint density at radius 2 is 2.06 bits per heavy atom. The molecule has 0 spiro atoms. The molecule has 2 N–H and O–H groups in total. The van der Waals surface area contributed by atoms with Gasteiger partial charge in [0.15, 0.2) is 0 Å². The summed E-state index contributed by atoms with van der Waals surface area (Å²) in [5.74, 6) is 0.511. The SMILES string of the molecule is CC(C)c1cncc2cc(CCN)ccc12. The summed E-state index contributed by atoms with van der Waals surface area (Å²) in [6.45, 7) is 5.09. The first kappa shape index (κ1) is 11.1. The fourth-order valence-corrected chi connectivity index (χ4v) is 2.03. The Hall–Kier alpha value is -1.41. The lowest BCUT2D eigenvalue weighted by Gasteiger charge is -2.10. The maximum Gasteiger partial charge on any atom is 0.0346 e. The fraction of sp³-hybridized carbons (Fsp3) is 0.357. The largest absolute Gasteiger partial charge is 0.330 e. The van der Waals surface area contributed by atoms with E-state index in [1.165, 1.54) is 21.9 Å². The summed E-state index contributed by atoms with van der Waals surface area (Å²) >= 11 is 0. The molecule has 1 aromatic carbocycles. The highest BCUT2D eigenvalue weighted by atomic mass is 14.6. The molecule has 0 fully saturated rings. The van der Waals surface area contributed by atoms with Gasteiger partial charge in [-0.15, -0.1) is 0 Å². The molecule has 0 aliphatic rings. The van der Waals surface area contributed by atoms with Gasteiger partial charge in [-0.3, -0.25) is 4.98 Å². The van der Waals surface area contributed by atoms with Crippen LogP contribution in [0.25, 0.3) is 10.8 Å². The van der Waals surface area contributed by atoms with Crippen LogP contribution in [0.3, 0.4) is 0 Å². The zero-order chi connectivity index (χ0) is 11.5. The van der Waals surface area contributed by atoms with Crippen molar-refractivity contribution < 1.29 is 0 Å². The zero-order valence-corrected chi connectivity index (χ0v) is 9.90. The number of fused-ring (bicyclic) bond motifs is 1. The normalized spacial score (nSPS) is 11.2. The van der Waals surface area contributed by atoms with E-state index < -0.39 is 0 Å². The average Bonchev–Trinajstić information content (AvgIpc) is 2.28. The topological polar surface area (TPSA) is 38.9 Å². The first-order chi connectivity index (χ1) is 7.72. The summed E-state index contributed by atoms with van der Waals surface area (Å²) in [6, 6.07) is 6.56. The van der Waals surface area contributed by atoms with Crippen molar-refractivity contribution >= 4 is 10.8 Å². The van der Waals surface area contributed by atoms with E-state index in [9.17, 15) is 0 Å². The van der Waals surface area contributed by atoms with E-state index in [-0.39, 0.29) is 0 Å². The second-order valence-electron chi connectivity index (χ2n) is 4.48. The van der Waals surface area contributed by atoms with Crippen molar-refractivity contribution in [2.24, 2.45) is 5.73 Å². The van der Waals surface area contributed by atoms with Gasteiger partial charge in [0.1, 0.15) is 0 Å². The van der Waals surface area contributed by atoms with Gasteiger partial charge < -0.3 is 5.73 Å². The van der Waals surface area contributed by atoms with Crippen LogP contribution in [0.5, 0.6) is 0 Å². The minimum absolute atomic E-state index is 0.511. The second-order valence-corrected chi connectivity index (χ2v) is 4.48. The Labute approximate surface area is 96.5 Å². The average molecular weight is 214 g/mol. The van der Waals surface area contributed by atoms with Gasteiger partial charge in [0.2, 0.25) is 0 Å². The number of hydrogen-bond donors (Lipinski definition) is 1. The fourth-order valence-electron chi connectivity index (χ4n) is 2.03. The van der Waals surface area contributed by atoms with E-state index in [0.717, 1.165) is 6.42 Å². The molecule has 0 saturated heterocycles. The van der Waals surface area contributed by atoms with Crippen molar-refractivity contribution in [2.75, 3.05) is 6.54 Å². The Kier molecular flexibility index (Phi) is 3.20. The van der Waals surface area contributed by atoms with Gasteiger partial charge in [-0.25, -0.2) is 0 Å². The van der Waals surface area contributed by atoms with Crippen molar-refractivity contribution in [3.8, 4) is 0 Å². The molecule has 0 aliphatic heterocycles. The molecule has 2 aromatic rings. The lowest BCUT2D eigenvalue weighted by atomic mass is 9.97. The highest BCUT2D eigenvalue weighted by molar-refractivity contribution is 5.85. The van der Waals surface area contributed by atoms with Crippen molar-refractivity contribution in [1.29, 1.82) is 0 Å². The molecular weight excluding hydrogens is 196 g/mol. The molecule has 2 heteroatoms. The number of hydrogen-bond acceptors (Lipinski definition) is 2. The summed E-state index contributed by atoms with van der Waals surface area (Å²) < 4.78 is 0. The number of aromatic nitrogens is 1. The van der Waals surface area contributed by atoms with Gasteiger partial charge in [0, 0.05) is 17.8 Å². The van der Waals surface area contributed by atoms with Gasteiger partial charge in [0.05, 0.1) is 0 Å². The second kappa shape index (κ2) is 4.62. The quantitative estimate of drug-likeness (QED) is 0.853. The minimum atomic E-state index is 0.511. The summed E-state index contributed by atoms with van der Waals surface area (Å²) in [5.41, 5.74) is 8.17. The number of pyridine rings is 1. The molecule has 1 heterocycles. The van der Waals surface area contributed by atoms with E-state index in [0.29, 0.717) is 12.5 Å². The maximum atomic E-state index is 5.57. The standard InChI is InChI=1S/C14H18N2/c1-10(2)14-9-16-8-12-7-11(5-6-15)3-4-13(12)14/h3-4,7-10H,5-6,15H2,1-2H3. The van der Waals surface area contributed by atoms with Crippen LogP contribution in [0.15, 0.2) is 30.6 Å². The van der Waals surface area contributed by atoms with Crippen LogP contribution < -0.4 is 5.73 Å². The predicted molar refractivity (Wildman–Crippen MR) is 68.6 cm³/mol. The lowest BCUT2D eigenvalue weighted by Crippen LogP contribution is -2.02. The summed E-state index contributed by atoms with van der Waals surface area (Å²) in [7, 11) is 0. The summed E-state index contributed by atoms with van der Waals surface area (Å²) in [6.07, 6.45) is 4.83. The van der Waals surface area contributed by atoms with Gasteiger partial charge in [-0.2, -0.15) is 0 Å². The van der Waals surface area contributed by atoms with Crippen molar-refractivity contribution in [2.45, 2.75) is 26.2 Å². The molecule has 84 valence electrons. The predicted octanol–water partition coefficient (Wildman–Crippen LogP) is 2.86. The van der Waals surface area contributed by atoms with Gasteiger partial charge in [-0.05, 0) is 41.5 Å². The van der Waals surface area contributed by atoms with Crippen LogP contribution in [-0.2, 0) is 6.42 Å². The highest BCUT2D eigenvalue weighted by Gasteiger charge is 2.05. The third-order valence-electron chi connectivity index (χ3n) is 2.91. The molecule has 16 heavy (non-hydrogen) atoms. The highest BCUT2D eigenvalue weighted by Crippen LogP contribution is 2.24. The number of benzene rings is 1. The molecule has 2 rings (SSSR count). The first-order valence-corrected chi connectivity index (χ1v) is 5.79. The van der Waals surface area contributed by atoms with Crippen molar-refractivity contribution in [3.63, 3.8) is 0 Å². The van der Waals surface area contributed by atoms with E-state index in [1.54, 1.807) is 0 Å². The Morgan fingerprint density at radius 3 is 2.75 bits per heavy atom. The van der Waals surface area contributed by atoms with Crippen LogP contribution in [-0.4, -0.2) is 11.5 Å². The molecule has 0 atom stereocenters. The smallest absolute Gasteiger partial charge is 0.0346 e. The molecule has 0 radical (unpaired) electrons. The van der Waals surface area contributed by atoms with Crippen LogP contribution in [0.1, 0.15) is 30.9 Å². The molecule has 2 nitrogen and oxygen atoms in total. The van der Waals surface area contributed by atoms with Gasteiger partial charge in [-0.1, -0.05) is 26.0 Å². The molecule has 0 aliphatic carbocycles. The van der Waals surface area contributed by atoms with E-state index in [2.05, 4.69) is 37.0 Å². The van der Waals surface area contributed by atoms with E-state index >= 15 is 0 Å². The van der Waals surface area contributed by atoms with Crippen LogP contribution in [0.2, 0.25) is 0 Å². The Morgan fingerprint density at radius 1 is 1.25 bits per heavy atom. The van der Waals surface area contributed by atoms with Gasteiger partial charge >= 0.3 is 0 Å². The van der Waals surface area contributed by atoms with Gasteiger partial charge in [0.25, 0.3) is 0 Å². The minimum Gasteiger partial charge on any atom is -0.330 e. The molecule has 0 amide bonds. The van der Waals surface area contributed by atoms with Crippen LogP contribution in [0, 0.1) is 0 Å². The van der Waals surface area contributed by atoms with Crippen molar-refractivity contribution in [1.82, 2.24) is 4.98 Å². The third kappa shape index (κ3) is 2.07. The van der Waals surface area contributed by atoms with Crippen LogP contribution >= 0.6 is 0 Å². The summed E-state index contributed by atoms with van der Waals surface area (Å²) in [5, 5.41) is 2.53. The van der Waals surface area contributed by atoms with E-state index in [4.69, 9.17) is 5.73 Å². The molecule has 0 saturated carbocycles. The molecule has 1 aromatic heterocycles. The summed E-state index contributed by atoms with van der Waals surface area (Å²) in [4.78, 5) is 4.30. The number of nitrogens with two attached hydrogens (primary N) is 1. The third-order valence-corrected chi connectivity index (χ3v) is 2.91. The Balaban J connectivity index is 2.55.